The van der Waals surface area contributed by atoms with E-state index in [1.807, 2.05) is 4.90 Å². The molecule has 0 radical (unpaired) electrons. The molecule has 6 heteroatoms. The number of likely N-dealkylation sites (tertiary alicyclic amines) is 1. The molecule has 2 rings (SSSR count). The monoisotopic (exact) mass is 262 g/mol. The molecule has 1 aromatic rings. The van der Waals surface area contributed by atoms with Crippen molar-refractivity contribution in [3.63, 3.8) is 0 Å². The van der Waals surface area contributed by atoms with E-state index >= 15 is 0 Å². The van der Waals surface area contributed by atoms with Gasteiger partial charge in [-0.15, -0.1) is 0 Å². The summed E-state index contributed by atoms with van der Waals surface area (Å²) in [5.74, 6) is 0.529. The number of amidine groups is 1. The molecule has 6 nitrogen and oxygen atoms in total. The Morgan fingerprint density at radius 3 is 2.95 bits per heavy atom. The van der Waals surface area contributed by atoms with Crippen LogP contribution in [-0.4, -0.2) is 39.9 Å². The van der Waals surface area contributed by atoms with Crippen LogP contribution in [0.5, 0.6) is 0 Å². The molecule has 1 aliphatic heterocycles. The van der Waals surface area contributed by atoms with Gasteiger partial charge in [0.1, 0.15) is 5.69 Å². The third kappa shape index (κ3) is 2.83. The minimum Gasteiger partial charge on any atom is -0.409 e. The van der Waals surface area contributed by atoms with Gasteiger partial charge in [0.2, 0.25) is 0 Å². The number of hydrogen-bond donors (Lipinski definition) is 2. The second kappa shape index (κ2) is 5.69. The first-order valence-electron chi connectivity index (χ1n) is 6.39. The van der Waals surface area contributed by atoms with Gasteiger partial charge in [0, 0.05) is 24.8 Å². The number of nitrogens with two attached hydrogens (primary N) is 1. The van der Waals surface area contributed by atoms with Gasteiger partial charge in [-0.2, -0.15) is 0 Å². The van der Waals surface area contributed by atoms with Gasteiger partial charge >= 0.3 is 0 Å². The van der Waals surface area contributed by atoms with Gasteiger partial charge < -0.3 is 15.8 Å². The molecule has 0 aromatic carbocycles. The van der Waals surface area contributed by atoms with E-state index in [1.54, 1.807) is 12.1 Å². The quantitative estimate of drug-likeness (QED) is 0.368. The summed E-state index contributed by atoms with van der Waals surface area (Å²) in [5, 5.41) is 11.4. The normalized spacial score (nSPS) is 19.7. The fourth-order valence-corrected chi connectivity index (χ4v) is 2.24. The second-order valence-electron chi connectivity index (χ2n) is 4.73. The lowest BCUT2D eigenvalue weighted by atomic mass is 10.1. The average molecular weight is 262 g/mol. The molecule has 102 valence electrons. The average Bonchev–Trinajstić information content (AvgIpc) is 2.94. The lowest BCUT2D eigenvalue weighted by molar-refractivity contribution is 0.0781. The second-order valence-corrected chi connectivity index (χ2v) is 4.73. The van der Waals surface area contributed by atoms with Crippen LogP contribution in [-0.2, 0) is 0 Å². The number of pyridine rings is 1. The van der Waals surface area contributed by atoms with Gasteiger partial charge in [-0.05, 0) is 24.5 Å². The highest BCUT2D eigenvalue weighted by Crippen LogP contribution is 2.20. The molecule has 3 N–H and O–H groups in total. The van der Waals surface area contributed by atoms with Crippen molar-refractivity contribution >= 4 is 11.7 Å². The number of rotatable bonds is 3. The third-order valence-electron chi connectivity index (χ3n) is 3.54. The van der Waals surface area contributed by atoms with Gasteiger partial charge in [0.25, 0.3) is 5.91 Å². The van der Waals surface area contributed by atoms with Gasteiger partial charge in [-0.25, -0.2) is 0 Å². The van der Waals surface area contributed by atoms with Crippen molar-refractivity contribution in [2.45, 2.75) is 19.8 Å². The standard InChI is InChI=1S/C13H18N4O2/c1-2-9-5-6-17(8-9)13(18)11-4-3-10(7-15-11)12(14)16-19/h3-4,7,9,19H,2,5-6,8H2,1H3,(H2,14,16). The van der Waals surface area contributed by atoms with Crippen LogP contribution in [0.4, 0.5) is 0 Å². The summed E-state index contributed by atoms with van der Waals surface area (Å²) in [4.78, 5) is 18.1. The minimum atomic E-state index is -0.0537. The molecule has 0 bridgehead atoms. The molecule has 2 heterocycles. The Kier molecular flexibility index (Phi) is 3.99. The van der Waals surface area contributed by atoms with E-state index in [0.29, 0.717) is 17.2 Å². The van der Waals surface area contributed by atoms with Crippen molar-refractivity contribution in [3.8, 4) is 0 Å². The lowest BCUT2D eigenvalue weighted by Gasteiger charge is -2.15. The highest BCUT2D eigenvalue weighted by atomic mass is 16.4. The van der Waals surface area contributed by atoms with E-state index in [-0.39, 0.29) is 11.7 Å². The highest BCUT2D eigenvalue weighted by molar-refractivity contribution is 5.98. The molecule has 1 unspecified atom stereocenters. The zero-order valence-electron chi connectivity index (χ0n) is 10.9. The maximum Gasteiger partial charge on any atom is 0.272 e. The summed E-state index contributed by atoms with van der Waals surface area (Å²) in [5.41, 5.74) is 6.33. The van der Waals surface area contributed by atoms with E-state index < -0.39 is 0 Å². The molecule has 1 amide bonds. The molecule has 19 heavy (non-hydrogen) atoms. The lowest BCUT2D eigenvalue weighted by Crippen LogP contribution is -2.29. The van der Waals surface area contributed by atoms with Crippen LogP contribution in [0.3, 0.4) is 0 Å². The molecule has 1 atom stereocenters. The van der Waals surface area contributed by atoms with Crippen LogP contribution in [0.25, 0.3) is 0 Å². The zero-order valence-corrected chi connectivity index (χ0v) is 10.9. The first kappa shape index (κ1) is 13.3. The van der Waals surface area contributed by atoms with Crippen LogP contribution in [0.15, 0.2) is 23.5 Å². The van der Waals surface area contributed by atoms with Gasteiger partial charge in [0.05, 0.1) is 0 Å². The molecule has 0 saturated carbocycles. The summed E-state index contributed by atoms with van der Waals surface area (Å²) in [6.45, 7) is 3.74. The van der Waals surface area contributed by atoms with Crippen LogP contribution >= 0.6 is 0 Å². The zero-order chi connectivity index (χ0) is 13.8. The van der Waals surface area contributed by atoms with Crippen molar-refractivity contribution in [1.82, 2.24) is 9.88 Å². The molecular weight excluding hydrogens is 244 g/mol. The first-order valence-corrected chi connectivity index (χ1v) is 6.39. The Labute approximate surface area is 111 Å². The van der Waals surface area contributed by atoms with Gasteiger partial charge in [-0.1, -0.05) is 18.5 Å². The molecular formula is C13H18N4O2. The number of oxime groups is 1. The molecule has 1 saturated heterocycles. The molecule has 1 aliphatic rings. The summed E-state index contributed by atoms with van der Waals surface area (Å²) in [6.07, 6.45) is 3.60. The minimum absolute atomic E-state index is 0.0151. The number of carbonyl (C=O) groups excluding carboxylic acids is 1. The topological polar surface area (TPSA) is 91.8 Å². The van der Waals surface area contributed by atoms with Crippen molar-refractivity contribution in [2.24, 2.45) is 16.8 Å². The van der Waals surface area contributed by atoms with E-state index in [1.165, 1.54) is 6.20 Å². The maximum atomic E-state index is 12.2. The predicted molar refractivity (Wildman–Crippen MR) is 71.0 cm³/mol. The van der Waals surface area contributed by atoms with Crippen molar-refractivity contribution in [1.29, 1.82) is 0 Å². The Morgan fingerprint density at radius 2 is 2.42 bits per heavy atom. The predicted octanol–water partition coefficient (Wildman–Crippen LogP) is 1.05. The number of hydrogen-bond acceptors (Lipinski definition) is 4. The number of nitrogens with zero attached hydrogens (tertiary/aromatic N) is 3. The van der Waals surface area contributed by atoms with Gasteiger partial charge in [0.15, 0.2) is 5.84 Å². The summed E-state index contributed by atoms with van der Waals surface area (Å²) in [7, 11) is 0. The van der Waals surface area contributed by atoms with Crippen molar-refractivity contribution in [2.75, 3.05) is 13.1 Å². The van der Waals surface area contributed by atoms with Crippen LogP contribution in [0, 0.1) is 5.92 Å². The maximum absolute atomic E-state index is 12.2. The fourth-order valence-electron chi connectivity index (χ4n) is 2.24. The van der Waals surface area contributed by atoms with Crippen molar-refractivity contribution in [3.05, 3.63) is 29.6 Å². The fraction of sp³-hybridized carbons (Fsp3) is 0.462. The summed E-state index contributed by atoms with van der Waals surface area (Å²) < 4.78 is 0. The van der Waals surface area contributed by atoms with E-state index in [0.717, 1.165) is 25.9 Å². The van der Waals surface area contributed by atoms with Crippen LogP contribution in [0.1, 0.15) is 35.8 Å². The van der Waals surface area contributed by atoms with Crippen LogP contribution < -0.4 is 5.73 Å². The third-order valence-corrected chi connectivity index (χ3v) is 3.54. The molecule has 0 aliphatic carbocycles. The van der Waals surface area contributed by atoms with E-state index in [2.05, 4.69) is 17.1 Å². The van der Waals surface area contributed by atoms with Crippen molar-refractivity contribution < 1.29 is 10.0 Å². The smallest absolute Gasteiger partial charge is 0.272 e. The number of carbonyl (C=O) groups is 1. The first-order chi connectivity index (χ1) is 9.15. The summed E-state index contributed by atoms with van der Waals surface area (Å²) in [6, 6.07) is 3.23. The Hall–Kier alpha value is -2.11. The Morgan fingerprint density at radius 1 is 1.63 bits per heavy atom. The SMILES string of the molecule is CCC1CCN(C(=O)c2ccc(/C(N)=N/O)cn2)C1. The molecule has 0 spiro atoms. The Balaban J connectivity index is 2.08. The summed E-state index contributed by atoms with van der Waals surface area (Å²) >= 11 is 0. The highest BCUT2D eigenvalue weighted by Gasteiger charge is 2.26. The van der Waals surface area contributed by atoms with E-state index in [9.17, 15) is 4.79 Å². The molecule has 1 fully saturated rings. The Bertz CT molecular complexity index is 484. The van der Waals surface area contributed by atoms with Gasteiger partial charge in [-0.3, -0.25) is 9.78 Å². The molecule has 1 aromatic heterocycles. The van der Waals surface area contributed by atoms with E-state index in [4.69, 9.17) is 10.9 Å². The number of amides is 1. The largest absolute Gasteiger partial charge is 0.409 e. The number of aromatic nitrogens is 1. The van der Waals surface area contributed by atoms with Crippen LogP contribution in [0.2, 0.25) is 0 Å².